The Morgan fingerprint density at radius 2 is 2.14 bits per heavy atom. The SMILES string of the molecule is COC(C)(OO)C1CCC(C)C(=O)C1. The van der Waals surface area contributed by atoms with E-state index in [4.69, 9.17) is 9.99 Å². The monoisotopic (exact) mass is 202 g/mol. The molecule has 0 aromatic rings. The number of carbonyl (C=O) groups excluding carboxylic acids is 1. The number of methoxy groups -OCH3 is 1. The second-order valence-electron chi connectivity index (χ2n) is 4.16. The first kappa shape index (κ1) is 11.6. The summed E-state index contributed by atoms with van der Waals surface area (Å²) in [5, 5.41) is 8.75. The summed E-state index contributed by atoms with van der Waals surface area (Å²) < 4.78 is 5.09. The van der Waals surface area contributed by atoms with Crippen LogP contribution in [0.15, 0.2) is 0 Å². The lowest BCUT2D eigenvalue weighted by molar-refractivity contribution is -0.409. The average Bonchev–Trinajstić information content (AvgIpc) is 2.21. The van der Waals surface area contributed by atoms with Crippen molar-refractivity contribution in [2.45, 2.75) is 38.9 Å². The molecule has 1 fully saturated rings. The predicted molar refractivity (Wildman–Crippen MR) is 50.6 cm³/mol. The van der Waals surface area contributed by atoms with Crippen molar-refractivity contribution in [3.63, 3.8) is 0 Å². The summed E-state index contributed by atoms with van der Waals surface area (Å²) in [6.07, 6.45) is 2.11. The minimum absolute atomic E-state index is 0.0544. The number of hydrogen-bond acceptors (Lipinski definition) is 4. The molecule has 0 aromatic heterocycles. The van der Waals surface area contributed by atoms with E-state index in [9.17, 15) is 4.79 Å². The molecule has 1 N–H and O–H groups in total. The van der Waals surface area contributed by atoms with E-state index in [1.807, 2.05) is 6.92 Å². The molecular weight excluding hydrogens is 184 g/mol. The van der Waals surface area contributed by atoms with Crippen LogP contribution in [0.1, 0.15) is 33.1 Å². The third-order valence-electron chi connectivity index (χ3n) is 3.27. The van der Waals surface area contributed by atoms with Gasteiger partial charge < -0.3 is 4.74 Å². The summed E-state index contributed by atoms with van der Waals surface area (Å²) in [7, 11) is 1.47. The van der Waals surface area contributed by atoms with Crippen molar-refractivity contribution < 1.29 is 19.7 Å². The minimum Gasteiger partial charge on any atom is -0.351 e. The second kappa shape index (κ2) is 4.38. The molecule has 0 bridgehead atoms. The summed E-state index contributed by atoms with van der Waals surface area (Å²) in [4.78, 5) is 15.8. The molecule has 14 heavy (non-hydrogen) atoms. The number of carbonyl (C=O) groups is 1. The van der Waals surface area contributed by atoms with E-state index in [2.05, 4.69) is 4.89 Å². The molecule has 0 radical (unpaired) electrons. The van der Waals surface area contributed by atoms with E-state index in [1.54, 1.807) is 6.92 Å². The molecule has 0 heterocycles. The Labute approximate surface area is 84.1 Å². The zero-order valence-corrected chi connectivity index (χ0v) is 8.95. The van der Waals surface area contributed by atoms with E-state index in [1.165, 1.54) is 7.11 Å². The van der Waals surface area contributed by atoms with Crippen LogP contribution in [0.2, 0.25) is 0 Å². The van der Waals surface area contributed by atoms with Gasteiger partial charge in [0.25, 0.3) is 0 Å². The summed E-state index contributed by atoms with van der Waals surface area (Å²) in [5.74, 6) is -0.746. The van der Waals surface area contributed by atoms with Crippen LogP contribution in [0, 0.1) is 11.8 Å². The third kappa shape index (κ3) is 2.13. The Morgan fingerprint density at radius 3 is 2.57 bits per heavy atom. The Morgan fingerprint density at radius 1 is 1.50 bits per heavy atom. The fraction of sp³-hybridized carbons (Fsp3) is 0.900. The molecule has 82 valence electrons. The zero-order valence-electron chi connectivity index (χ0n) is 8.95. The molecule has 3 atom stereocenters. The highest BCUT2D eigenvalue weighted by Crippen LogP contribution is 2.35. The van der Waals surface area contributed by atoms with Gasteiger partial charge >= 0.3 is 0 Å². The van der Waals surface area contributed by atoms with E-state index < -0.39 is 5.79 Å². The highest BCUT2D eigenvalue weighted by Gasteiger charge is 2.40. The summed E-state index contributed by atoms with van der Waals surface area (Å²) in [6, 6.07) is 0. The van der Waals surface area contributed by atoms with Crippen LogP contribution >= 0.6 is 0 Å². The van der Waals surface area contributed by atoms with E-state index in [0.29, 0.717) is 6.42 Å². The first-order chi connectivity index (χ1) is 6.53. The predicted octanol–water partition coefficient (Wildman–Crippen LogP) is 1.84. The quantitative estimate of drug-likeness (QED) is 0.431. The Hall–Kier alpha value is -0.450. The highest BCUT2D eigenvalue weighted by molar-refractivity contribution is 5.81. The number of ketones is 1. The van der Waals surface area contributed by atoms with Crippen LogP contribution in [0.3, 0.4) is 0 Å². The highest BCUT2D eigenvalue weighted by atomic mass is 17.1. The molecule has 0 amide bonds. The molecule has 0 aromatic carbocycles. The maximum atomic E-state index is 11.5. The number of hydrogen-bond donors (Lipinski definition) is 1. The Bertz CT molecular complexity index is 210. The van der Waals surface area contributed by atoms with Gasteiger partial charge in [0.1, 0.15) is 5.78 Å². The van der Waals surface area contributed by atoms with Crippen LogP contribution in [0.4, 0.5) is 0 Å². The Balaban J connectivity index is 2.66. The molecular formula is C10H18O4. The van der Waals surface area contributed by atoms with Gasteiger partial charge in [-0.1, -0.05) is 6.92 Å². The lowest BCUT2D eigenvalue weighted by atomic mass is 9.78. The molecule has 1 rings (SSSR count). The van der Waals surface area contributed by atoms with Crippen LogP contribution in [-0.2, 0) is 14.4 Å². The molecule has 4 nitrogen and oxygen atoms in total. The van der Waals surface area contributed by atoms with Crippen molar-refractivity contribution in [1.82, 2.24) is 0 Å². The van der Waals surface area contributed by atoms with Gasteiger partial charge in [-0.3, -0.25) is 4.79 Å². The molecule has 4 heteroatoms. The number of rotatable bonds is 3. The zero-order chi connectivity index (χ0) is 10.8. The molecule has 3 unspecified atom stereocenters. The lowest BCUT2D eigenvalue weighted by Crippen LogP contribution is -2.43. The van der Waals surface area contributed by atoms with Crippen LogP contribution in [0.5, 0.6) is 0 Å². The second-order valence-corrected chi connectivity index (χ2v) is 4.16. The smallest absolute Gasteiger partial charge is 0.201 e. The van der Waals surface area contributed by atoms with Crippen molar-refractivity contribution in [2.24, 2.45) is 11.8 Å². The van der Waals surface area contributed by atoms with Crippen LogP contribution in [0.25, 0.3) is 0 Å². The Kier molecular flexibility index (Phi) is 3.64. The lowest BCUT2D eigenvalue weighted by Gasteiger charge is -2.36. The van der Waals surface area contributed by atoms with Crippen molar-refractivity contribution in [2.75, 3.05) is 7.11 Å². The van der Waals surface area contributed by atoms with E-state index in [0.717, 1.165) is 12.8 Å². The van der Waals surface area contributed by atoms with Crippen LogP contribution < -0.4 is 0 Å². The fourth-order valence-electron chi connectivity index (χ4n) is 1.88. The summed E-state index contributed by atoms with van der Waals surface area (Å²) in [6.45, 7) is 3.59. The number of ether oxygens (including phenoxy) is 1. The van der Waals surface area contributed by atoms with Crippen molar-refractivity contribution in [3.8, 4) is 0 Å². The van der Waals surface area contributed by atoms with Gasteiger partial charge in [-0.15, -0.1) is 0 Å². The summed E-state index contributed by atoms with van der Waals surface area (Å²) >= 11 is 0. The van der Waals surface area contributed by atoms with Gasteiger partial charge in [-0.05, 0) is 19.8 Å². The van der Waals surface area contributed by atoms with Gasteiger partial charge in [0, 0.05) is 25.4 Å². The van der Waals surface area contributed by atoms with Gasteiger partial charge in [0.05, 0.1) is 0 Å². The first-order valence-electron chi connectivity index (χ1n) is 4.94. The molecule has 0 aliphatic heterocycles. The molecule has 1 saturated carbocycles. The molecule has 1 aliphatic rings. The maximum absolute atomic E-state index is 11.5. The average molecular weight is 202 g/mol. The van der Waals surface area contributed by atoms with Gasteiger partial charge in [0.15, 0.2) is 0 Å². The minimum atomic E-state index is -1.05. The fourth-order valence-corrected chi connectivity index (χ4v) is 1.88. The first-order valence-corrected chi connectivity index (χ1v) is 4.94. The van der Waals surface area contributed by atoms with E-state index >= 15 is 0 Å². The normalized spacial score (nSPS) is 32.7. The van der Waals surface area contributed by atoms with Gasteiger partial charge in [-0.2, -0.15) is 0 Å². The molecule has 1 aliphatic carbocycles. The van der Waals surface area contributed by atoms with Crippen LogP contribution in [-0.4, -0.2) is 23.9 Å². The number of Topliss-reactive ketones (excluding diaryl/α,β-unsaturated/α-hetero) is 1. The van der Waals surface area contributed by atoms with Gasteiger partial charge in [-0.25, -0.2) is 10.1 Å². The standard InChI is InChI=1S/C10H18O4/c1-7-4-5-8(6-9(7)11)10(2,13-3)14-12/h7-8,12H,4-6H2,1-3H3. The largest absolute Gasteiger partial charge is 0.351 e. The third-order valence-corrected chi connectivity index (χ3v) is 3.27. The maximum Gasteiger partial charge on any atom is 0.201 e. The summed E-state index contributed by atoms with van der Waals surface area (Å²) in [5.41, 5.74) is 0. The topological polar surface area (TPSA) is 55.8 Å². The molecule has 0 spiro atoms. The van der Waals surface area contributed by atoms with Crippen molar-refractivity contribution in [1.29, 1.82) is 0 Å². The van der Waals surface area contributed by atoms with E-state index in [-0.39, 0.29) is 17.6 Å². The van der Waals surface area contributed by atoms with Crippen molar-refractivity contribution >= 4 is 5.78 Å². The van der Waals surface area contributed by atoms with Gasteiger partial charge in [0.2, 0.25) is 5.79 Å². The van der Waals surface area contributed by atoms with Crippen molar-refractivity contribution in [3.05, 3.63) is 0 Å². The molecule has 0 saturated heterocycles.